The van der Waals surface area contributed by atoms with E-state index in [1.165, 1.54) is 18.8 Å². The van der Waals surface area contributed by atoms with Gasteiger partial charge in [0.25, 0.3) is 0 Å². The Balaban J connectivity index is 1.80. The number of fused-ring (bicyclic) bond motifs is 1. The summed E-state index contributed by atoms with van der Waals surface area (Å²) < 4.78 is 33.8. The first-order chi connectivity index (χ1) is 13.5. The minimum Gasteiger partial charge on any atom is -0.481 e. The number of pyridine rings is 1. The van der Waals surface area contributed by atoms with Crippen LogP contribution in [0.5, 0.6) is 5.88 Å². The SMILES string of the molecule is COc1ncnc(Cn2cc(C3C=N[N+](C(F)F)=C3)c3ncc(C)cc32)c1C. The van der Waals surface area contributed by atoms with Crippen LogP contribution < -0.4 is 4.74 Å². The summed E-state index contributed by atoms with van der Waals surface area (Å²) in [6, 6.07) is 2.02. The Bertz CT molecular complexity index is 1110. The maximum absolute atomic E-state index is 12.9. The highest BCUT2D eigenvalue weighted by Gasteiger charge is 2.29. The molecule has 144 valence electrons. The van der Waals surface area contributed by atoms with E-state index >= 15 is 0 Å². The molecule has 0 bridgehead atoms. The smallest absolute Gasteiger partial charge is 0.474 e. The van der Waals surface area contributed by atoms with Crippen molar-refractivity contribution < 1.29 is 18.2 Å². The fourth-order valence-electron chi connectivity index (χ4n) is 3.33. The van der Waals surface area contributed by atoms with Gasteiger partial charge in [-0.2, -0.15) is 0 Å². The zero-order chi connectivity index (χ0) is 19.8. The first-order valence-electron chi connectivity index (χ1n) is 8.73. The summed E-state index contributed by atoms with van der Waals surface area (Å²) in [7, 11) is 1.57. The third-order valence-corrected chi connectivity index (χ3v) is 4.77. The lowest BCUT2D eigenvalue weighted by molar-refractivity contribution is -0.622. The number of ether oxygens (including phenoxy) is 1. The fraction of sp³-hybridized carbons (Fsp3) is 0.316. The van der Waals surface area contributed by atoms with Crippen LogP contribution in [-0.4, -0.2) is 50.3 Å². The van der Waals surface area contributed by atoms with Gasteiger partial charge < -0.3 is 9.30 Å². The molecule has 3 aromatic rings. The third-order valence-electron chi connectivity index (χ3n) is 4.77. The van der Waals surface area contributed by atoms with Crippen LogP contribution in [0.1, 0.15) is 28.3 Å². The number of rotatable bonds is 5. The molecule has 0 N–H and O–H groups in total. The van der Waals surface area contributed by atoms with Crippen LogP contribution in [-0.2, 0) is 6.54 Å². The van der Waals surface area contributed by atoms with E-state index in [9.17, 15) is 8.78 Å². The van der Waals surface area contributed by atoms with Gasteiger partial charge in [-0.05, 0) is 35.3 Å². The lowest BCUT2D eigenvalue weighted by atomic mass is 10.0. The van der Waals surface area contributed by atoms with Gasteiger partial charge >= 0.3 is 6.55 Å². The molecule has 28 heavy (non-hydrogen) atoms. The first-order valence-corrected chi connectivity index (χ1v) is 8.73. The number of alkyl halides is 2. The van der Waals surface area contributed by atoms with Crippen molar-refractivity contribution in [3.05, 3.63) is 47.2 Å². The lowest BCUT2D eigenvalue weighted by Gasteiger charge is -2.10. The molecule has 0 spiro atoms. The van der Waals surface area contributed by atoms with Crippen molar-refractivity contribution in [2.45, 2.75) is 32.9 Å². The van der Waals surface area contributed by atoms with Gasteiger partial charge in [-0.15, -0.1) is 8.78 Å². The van der Waals surface area contributed by atoms with Crippen molar-refractivity contribution in [1.82, 2.24) is 19.5 Å². The van der Waals surface area contributed by atoms with Crippen molar-refractivity contribution >= 4 is 23.5 Å². The molecule has 1 atom stereocenters. The van der Waals surface area contributed by atoms with Gasteiger partial charge in [-0.1, -0.05) is 0 Å². The van der Waals surface area contributed by atoms with Gasteiger partial charge in [0.1, 0.15) is 12.2 Å². The van der Waals surface area contributed by atoms with Crippen molar-refractivity contribution in [2.24, 2.45) is 5.10 Å². The molecule has 9 heteroatoms. The minimum atomic E-state index is -2.67. The predicted molar refractivity (Wildman–Crippen MR) is 100 cm³/mol. The van der Waals surface area contributed by atoms with Gasteiger partial charge in [-0.25, -0.2) is 9.97 Å². The molecular weight excluding hydrogens is 366 g/mol. The average Bonchev–Trinajstić information content (AvgIpc) is 3.29. The fourth-order valence-corrected chi connectivity index (χ4v) is 3.33. The lowest BCUT2D eigenvalue weighted by Crippen LogP contribution is -2.11. The van der Waals surface area contributed by atoms with E-state index in [4.69, 9.17) is 4.74 Å². The van der Waals surface area contributed by atoms with Gasteiger partial charge in [0, 0.05) is 23.5 Å². The zero-order valence-corrected chi connectivity index (χ0v) is 15.7. The van der Waals surface area contributed by atoms with E-state index in [1.807, 2.05) is 30.7 Å². The van der Waals surface area contributed by atoms with Crippen LogP contribution in [0, 0.1) is 13.8 Å². The molecular formula is C19H19F2N6O+. The van der Waals surface area contributed by atoms with Crippen molar-refractivity contribution in [3.8, 4) is 5.88 Å². The van der Waals surface area contributed by atoms with E-state index in [0.717, 1.165) is 33.4 Å². The Morgan fingerprint density at radius 2 is 2.07 bits per heavy atom. The number of hydrogen-bond donors (Lipinski definition) is 0. The minimum absolute atomic E-state index is 0.367. The Morgan fingerprint density at radius 1 is 1.25 bits per heavy atom. The van der Waals surface area contributed by atoms with Gasteiger partial charge in [-0.3, -0.25) is 4.98 Å². The molecule has 1 unspecified atom stereocenters. The number of hydrazone groups is 1. The van der Waals surface area contributed by atoms with Crippen LogP contribution in [0.2, 0.25) is 0 Å². The van der Waals surface area contributed by atoms with Crippen LogP contribution in [0.3, 0.4) is 0 Å². The van der Waals surface area contributed by atoms with E-state index in [1.54, 1.807) is 13.3 Å². The second kappa shape index (κ2) is 7.06. The van der Waals surface area contributed by atoms with Gasteiger partial charge in [0.2, 0.25) is 5.88 Å². The standard InChI is InChI=1S/C19H19F2N6O/c1-11-4-16-17(22-5-11)14(13-6-25-27(7-13)19(20)21)8-26(16)9-15-12(2)18(28-3)24-10-23-15/h4-8,10,13,19H,9H2,1-3H3/q+1. The van der Waals surface area contributed by atoms with E-state index in [0.29, 0.717) is 17.1 Å². The largest absolute Gasteiger partial charge is 0.481 e. The van der Waals surface area contributed by atoms with E-state index in [-0.39, 0.29) is 5.92 Å². The van der Waals surface area contributed by atoms with Crippen LogP contribution in [0.15, 0.2) is 29.9 Å². The summed E-state index contributed by atoms with van der Waals surface area (Å²) in [5.41, 5.74) is 5.16. The Labute approximate surface area is 160 Å². The van der Waals surface area contributed by atoms with Gasteiger partial charge in [0.15, 0.2) is 6.21 Å². The molecule has 7 nitrogen and oxygen atoms in total. The summed E-state index contributed by atoms with van der Waals surface area (Å²) in [5, 5.41) is 3.78. The van der Waals surface area contributed by atoms with Crippen LogP contribution in [0.25, 0.3) is 11.0 Å². The van der Waals surface area contributed by atoms with Crippen LogP contribution >= 0.6 is 0 Å². The number of aryl methyl sites for hydroxylation is 1. The number of aromatic nitrogens is 4. The Hall–Kier alpha value is -3.23. The van der Waals surface area contributed by atoms with E-state index in [2.05, 4.69) is 20.1 Å². The second-order valence-electron chi connectivity index (χ2n) is 6.64. The molecule has 0 saturated heterocycles. The maximum atomic E-state index is 12.9. The highest BCUT2D eigenvalue weighted by molar-refractivity contribution is 5.96. The normalized spacial score (nSPS) is 16.2. The number of nitrogens with zero attached hydrogens (tertiary/aromatic N) is 6. The van der Waals surface area contributed by atoms with E-state index < -0.39 is 6.55 Å². The Morgan fingerprint density at radius 3 is 2.79 bits per heavy atom. The summed E-state index contributed by atoms with van der Waals surface area (Å²) in [6.45, 7) is 1.68. The monoisotopic (exact) mass is 385 g/mol. The molecule has 1 aliphatic rings. The Kier molecular flexibility index (Phi) is 4.58. The number of methoxy groups -OCH3 is 1. The quantitative estimate of drug-likeness (QED) is 0.500. The summed E-state index contributed by atoms with van der Waals surface area (Å²) >= 11 is 0. The molecule has 0 radical (unpaired) electrons. The maximum Gasteiger partial charge on any atom is 0.474 e. The molecule has 3 aromatic heterocycles. The number of hydrogen-bond acceptors (Lipinski definition) is 5. The molecule has 0 aromatic carbocycles. The van der Waals surface area contributed by atoms with Crippen molar-refractivity contribution in [3.63, 3.8) is 0 Å². The van der Waals surface area contributed by atoms with Crippen LogP contribution in [0.4, 0.5) is 8.78 Å². The number of halogens is 2. The van der Waals surface area contributed by atoms with Crippen molar-refractivity contribution in [2.75, 3.05) is 7.11 Å². The third kappa shape index (κ3) is 3.12. The first kappa shape index (κ1) is 18.1. The predicted octanol–water partition coefficient (Wildman–Crippen LogP) is 2.89. The molecule has 0 saturated carbocycles. The summed E-state index contributed by atoms with van der Waals surface area (Å²) in [5.74, 6) is 0.161. The molecule has 1 aliphatic heterocycles. The molecule has 0 fully saturated rings. The zero-order valence-electron chi connectivity index (χ0n) is 15.7. The van der Waals surface area contributed by atoms with Crippen molar-refractivity contribution in [1.29, 1.82) is 0 Å². The highest BCUT2D eigenvalue weighted by atomic mass is 19.3. The average molecular weight is 385 g/mol. The second-order valence-corrected chi connectivity index (χ2v) is 6.64. The molecule has 0 amide bonds. The molecule has 4 heterocycles. The molecule has 4 rings (SSSR count). The van der Waals surface area contributed by atoms with Gasteiger partial charge in [0.05, 0.1) is 36.6 Å². The topological polar surface area (TPSA) is 68.2 Å². The molecule has 0 aliphatic carbocycles. The summed E-state index contributed by atoms with van der Waals surface area (Å²) in [4.78, 5) is 13.0. The highest BCUT2D eigenvalue weighted by Crippen LogP contribution is 2.28. The summed E-state index contributed by atoms with van der Waals surface area (Å²) in [6.07, 6.45) is 8.07.